The van der Waals surface area contributed by atoms with Crippen molar-refractivity contribution in [2.45, 2.75) is 17.6 Å². The molecular formula is C14H11BrF3NO. The monoisotopic (exact) mass is 345 g/mol. The van der Waals surface area contributed by atoms with Crippen LogP contribution in [0.3, 0.4) is 0 Å². The molecule has 20 heavy (non-hydrogen) atoms. The van der Waals surface area contributed by atoms with Crippen LogP contribution in [0.25, 0.3) is 0 Å². The van der Waals surface area contributed by atoms with Gasteiger partial charge in [-0.15, -0.1) is 13.2 Å². The Labute approximate surface area is 122 Å². The van der Waals surface area contributed by atoms with E-state index in [4.69, 9.17) is 0 Å². The van der Waals surface area contributed by atoms with Gasteiger partial charge in [-0.05, 0) is 41.8 Å². The second-order valence-electron chi connectivity index (χ2n) is 4.14. The minimum Gasteiger partial charge on any atom is -0.406 e. The first-order chi connectivity index (χ1) is 9.44. The van der Waals surface area contributed by atoms with Crippen LogP contribution in [0, 0.1) is 0 Å². The Kier molecular flexibility index (Phi) is 4.65. The van der Waals surface area contributed by atoms with E-state index in [0.717, 1.165) is 17.5 Å². The van der Waals surface area contributed by atoms with E-state index in [1.165, 1.54) is 12.1 Å². The molecule has 0 N–H and O–H groups in total. The van der Waals surface area contributed by atoms with Crippen LogP contribution in [0.1, 0.15) is 16.0 Å². The van der Waals surface area contributed by atoms with Crippen molar-refractivity contribution in [3.63, 3.8) is 0 Å². The number of aromatic nitrogens is 1. The number of alkyl halides is 4. The lowest BCUT2D eigenvalue weighted by molar-refractivity contribution is -0.274. The molecule has 1 atom stereocenters. The van der Waals surface area contributed by atoms with Crippen LogP contribution in [0.2, 0.25) is 0 Å². The summed E-state index contributed by atoms with van der Waals surface area (Å²) in [4.78, 5) is 3.95. The number of ether oxygens (including phenoxy) is 1. The maximum absolute atomic E-state index is 12.1. The Balaban J connectivity index is 2.02. The highest BCUT2D eigenvalue weighted by atomic mass is 79.9. The summed E-state index contributed by atoms with van der Waals surface area (Å²) in [6, 6.07) is 9.64. The molecule has 0 saturated heterocycles. The van der Waals surface area contributed by atoms with Crippen molar-refractivity contribution in [3.05, 3.63) is 59.9 Å². The quantitative estimate of drug-likeness (QED) is 0.752. The van der Waals surface area contributed by atoms with Crippen molar-refractivity contribution in [2.75, 3.05) is 0 Å². The molecule has 2 rings (SSSR count). The smallest absolute Gasteiger partial charge is 0.406 e. The van der Waals surface area contributed by atoms with Crippen molar-refractivity contribution >= 4 is 15.9 Å². The average Bonchev–Trinajstić information content (AvgIpc) is 2.39. The van der Waals surface area contributed by atoms with Crippen LogP contribution in [-0.2, 0) is 6.42 Å². The van der Waals surface area contributed by atoms with Gasteiger partial charge in [0.25, 0.3) is 0 Å². The van der Waals surface area contributed by atoms with Gasteiger partial charge in [0.15, 0.2) is 0 Å². The topological polar surface area (TPSA) is 22.1 Å². The zero-order valence-corrected chi connectivity index (χ0v) is 11.9. The van der Waals surface area contributed by atoms with Gasteiger partial charge in [0.05, 0.1) is 0 Å². The Hall–Kier alpha value is -1.56. The van der Waals surface area contributed by atoms with Crippen molar-refractivity contribution < 1.29 is 17.9 Å². The molecule has 2 aromatic rings. The highest BCUT2D eigenvalue weighted by molar-refractivity contribution is 9.09. The van der Waals surface area contributed by atoms with E-state index in [0.29, 0.717) is 0 Å². The van der Waals surface area contributed by atoms with Gasteiger partial charge >= 0.3 is 6.36 Å². The second-order valence-corrected chi connectivity index (χ2v) is 5.25. The molecule has 106 valence electrons. The minimum absolute atomic E-state index is 0.0184. The summed E-state index contributed by atoms with van der Waals surface area (Å²) in [5.74, 6) is -0.218. The number of pyridine rings is 1. The first-order valence-corrected chi connectivity index (χ1v) is 6.74. The van der Waals surface area contributed by atoms with Crippen molar-refractivity contribution in [2.24, 2.45) is 0 Å². The van der Waals surface area contributed by atoms with Crippen LogP contribution >= 0.6 is 15.9 Å². The van der Waals surface area contributed by atoms with E-state index in [1.54, 1.807) is 24.5 Å². The molecule has 6 heteroatoms. The van der Waals surface area contributed by atoms with Crippen molar-refractivity contribution in [1.82, 2.24) is 4.98 Å². The number of rotatable bonds is 4. The molecule has 2 nitrogen and oxygen atoms in total. The average molecular weight is 346 g/mol. The van der Waals surface area contributed by atoms with Gasteiger partial charge in [0, 0.05) is 17.2 Å². The molecule has 0 spiro atoms. The van der Waals surface area contributed by atoms with Gasteiger partial charge in [0.1, 0.15) is 5.75 Å². The maximum atomic E-state index is 12.1. The van der Waals surface area contributed by atoms with Gasteiger partial charge in [-0.2, -0.15) is 0 Å². The summed E-state index contributed by atoms with van der Waals surface area (Å²) in [6.45, 7) is 0. The van der Waals surface area contributed by atoms with Crippen LogP contribution in [0.15, 0.2) is 48.8 Å². The number of halogens is 4. The number of benzene rings is 1. The molecular weight excluding hydrogens is 335 g/mol. The summed E-state index contributed by atoms with van der Waals surface area (Å²) < 4.78 is 40.0. The molecule has 0 aliphatic carbocycles. The summed E-state index contributed by atoms with van der Waals surface area (Å²) in [5.41, 5.74) is 1.98. The zero-order chi connectivity index (χ0) is 14.6. The fourth-order valence-electron chi connectivity index (χ4n) is 1.72. The Morgan fingerprint density at radius 3 is 2.20 bits per heavy atom. The fourth-order valence-corrected chi connectivity index (χ4v) is 2.40. The van der Waals surface area contributed by atoms with Gasteiger partial charge in [-0.25, -0.2) is 0 Å². The van der Waals surface area contributed by atoms with E-state index < -0.39 is 6.36 Å². The van der Waals surface area contributed by atoms with E-state index in [2.05, 4.69) is 25.7 Å². The molecule has 0 bridgehead atoms. The highest BCUT2D eigenvalue weighted by Crippen LogP contribution is 2.29. The molecule has 1 aromatic carbocycles. The lowest BCUT2D eigenvalue weighted by Crippen LogP contribution is -2.17. The number of nitrogens with zero attached hydrogens (tertiary/aromatic N) is 1. The predicted octanol–water partition coefficient (Wildman–Crippen LogP) is 4.66. The Bertz CT molecular complexity index is 543. The third kappa shape index (κ3) is 4.52. The van der Waals surface area contributed by atoms with Gasteiger partial charge in [-0.3, -0.25) is 4.98 Å². The molecule has 0 aliphatic heterocycles. The molecule has 0 radical (unpaired) electrons. The number of hydrogen-bond donors (Lipinski definition) is 0. The number of hydrogen-bond acceptors (Lipinski definition) is 2. The van der Waals surface area contributed by atoms with Gasteiger partial charge in [-0.1, -0.05) is 28.1 Å². The SMILES string of the molecule is FC(F)(F)Oc1ccc(C(Br)Cc2ccncc2)cc1. The summed E-state index contributed by atoms with van der Waals surface area (Å²) in [7, 11) is 0. The standard InChI is InChI=1S/C14H11BrF3NO/c15-13(9-10-5-7-19-8-6-10)11-1-3-12(4-2-11)20-14(16,17)18/h1-8,13H,9H2. The van der Waals surface area contributed by atoms with Crippen LogP contribution in [0.5, 0.6) is 5.75 Å². The molecule has 0 fully saturated rings. The molecule has 1 aromatic heterocycles. The normalized spacial score (nSPS) is 13.0. The summed E-state index contributed by atoms with van der Waals surface area (Å²) in [5, 5.41) is 0. The molecule has 1 unspecified atom stereocenters. The van der Waals surface area contributed by atoms with E-state index in [-0.39, 0.29) is 10.6 Å². The first-order valence-electron chi connectivity index (χ1n) is 5.83. The van der Waals surface area contributed by atoms with Crippen LogP contribution in [0.4, 0.5) is 13.2 Å². The van der Waals surface area contributed by atoms with E-state index in [9.17, 15) is 13.2 Å². The van der Waals surface area contributed by atoms with Gasteiger partial charge in [0.2, 0.25) is 0 Å². The predicted molar refractivity (Wildman–Crippen MR) is 72.7 cm³/mol. The molecule has 0 aliphatic rings. The Morgan fingerprint density at radius 1 is 1.05 bits per heavy atom. The van der Waals surface area contributed by atoms with E-state index in [1.807, 2.05) is 12.1 Å². The first kappa shape index (κ1) is 14.8. The largest absolute Gasteiger partial charge is 0.573 e. The molecule has 1 heterocycles. The second kappa shape index (κ2) is 6.26. The van der Waals surface area contributed by atoms with Crippen LogP contribution in [-0.4, -0.2) is 11.3 Å². The third-order valence-electron chi connectivity index (χ3n) is 2.64. The zero-order valence-electron chi connectivity index (χ0n) is 10.3. The maximum Gasteiger partial charge on any atom is 0.573 e. The highest BCUT2D eigenvalue weighted by Gasteiger charge is 2.31. The molecule has 0 amide bonds. The minimum atomic E-state index is -4.66. The fraction of sp³-hybridized carbons (Fsp3) is 0.214. The Morgan fingerprint density at radius 2 is 1.65 bits per heavy atom. The van der Waals surface area contributed by atoms with Gasteiger partial charge < -0.3 is 4.74 Å². The third-order valence-corrected chi connectivity index (χ3v) is 3.49. The van der Waals surface area contributed by atoms with Crippen LogP contribution < -0.4 is 4.74 Å². The van der Waals surface area contributed by atoms with Crippen molar-refractivity contribution in [3.8, 4) is 5.75 Å². The summed E-state index contributed by atoms with van der Waals surface area (Å²) in [6.07, 6.45) is -0.529. The van der Waals surface area contributed by atoms with E-state index >= 15 is 0 Å². The summed E-state index contributed by atoms with van der Waals surface area (Å²) >= 11 is 3.53. The lowest BCUT2D eigenvalue weighted by atomic mass is 10.1. The lowest BCUT2D eigenvalue weighted by Gasteiger charge is -2.12. The van der Waals surface area contributed by atoms with Crippen molar-refractivity contribution in [1.29, 1.82) is 0 Å². The molecule has 0 saturated carbocycles.